The van der Waals surface area contributed by atoms with E-state index in [4.69, 9.17) is 5.26 Å². The number of aromatic nitrogens is 3. The SMILES string of the molecule is CSc1n[nH]c(N=Cc2c(O)[nH]c3ccccc23)c1C#N. The molecule has 0 saturated heterocycles. The second kappa shape index (κ2) is 5.34. The monoisotopic (exact) mass is 297 g/mol. The fraction of sp³-hybridized carbons (Fsp3) is 0.0714. The number of aromatic hydroxyl groups is 1. The average molecular weight is 297 g/mol. The molecule has 3 aromatic rings. The van der Waals surface area contributed by atoms with Crippen molar-refractivity contribution >= 4 is 34.7 Å². The highest BCUT2D eigenvalue weighted by Crippen LogP contribution is 2.28. The average Bonchev–Trinajstić information content (AvgIpc) is 3.04. The number of H-pyrrole nitrogens is 2. The number of aliphatic imine (C=N–C) groups is 1. The van der Waals surface area contributed by atoms with Crippen LogP contribution in [0.4, 0.5) is 5.82 Å². The lowest BCUT2D eigenvalue weighted by Gasteiger charge is -1.92. The Kier molecular flexibility index (Phi) is 3.38. The van der Waals surface area contributed by atoms with Gasteiger partial charge < -0.3 is 10.1 Å². The lowest BCUT2D eigenvalue weighted by Crippen LogP contribution is -1.80. The number of benzene rings is 1. The van der Waals surface area contributed by atoms with E-state index in [0.717, 1.165) is 10.9 Å². The van der Waals surface area contributed by atoms with Crippen molar-refractivity contribution in [3.05, 3.63) is 35.4 Å². The molecular formula is C14H11N5OS. The van der Waals surface area contributed by atoms with Crippen molar-refractivity contribution in [2.75, 3.05) is 6.26 Å². The van der Waals surface area contributed by atoms with Crippen molar-refractivity contribution in [1.29, 1.82) is 5.26 Å². The molecule has 7 heteroatoms. The van der Waals surface area contributed by atoms with E-state index in [1.807, 2.05) is 30.5 Å². The van der Waals surface area contributed by atoms with Crippen molar-refractivity contribution in [1.82, 2.24) is 15.2 Å². The van der Waals surface area contributed by atoms with E-state index in [1.54, 1.807) is 0 Å². The molecule has 0 atom stereocenters. The fourth-order valence-electron chi connectivity index (χ4n) is 2.07. The number of hydrogen-bond donors (Lipinski definition) is 3. The van der Waals surface area contributed by atoms with Gasteiger partial charge in [0.25, 0.3) is 0 Å². The van der Waals surface area contributed by atoms with Crippen LogP contribution in [0.2, 0.25) is 0 Å². The van der Waals surface area contributed by atoms with Gasteiger partial charge in [-0.2, -0.15) is 10.4 Å². The Morgan fingerprint density at radius 2 is 2.24 bits per heavy atom. The molecule has 0 bridgehead atoms. The van der Waals surface area contributed by atoms with Gasteiger partial charge in [0.2, 0.25) is 0 Å². The molecule has 21 heavy (non-hydrogen) atoms. The van der Waals surface area contributed by atoms with Crippen LogP contribution in [0.1, 0.15) is 11.1 Å². The van der Waals surface area contributed by atoms with Crippen LogP contribution >= 0.6 is 11.8 Å². The molecule has 0 aliphatic heterocycles. The summed E-state index contributed by atoms with van der Waals surface area (Å²) in [7, 11) is 0. The second-order valence-electron chi connectivity index (χ2n) is 4.26. The fourth-order valence-corrected chi connectivity index (χ4v) is 2.55. The predicted molar refractivity (Wildman–Crippen MR) is 82.3 cm³/mol. The number of nitriles is 1. The number of thioether (sulfide) groups is 1. The summed E-state index contributed by atoms with van der Waals surface area (Å²) in [4.78, 5) is 7.12. The molecule has 1 aromatic carbocycles. The van der Waals surface area contributed by atoms with Gasteiger partial charge in [-0.1, -0.05) is 18.2 Å². The molecular weight excluding hydrogens is 286 g/mol. The third-order valence-corrected chi connectivity index (χ3v) is 3.75. The van der Waals surface area contributed by atoms with E-state index in [-0.39, 0.29) is 5.88 Å². The lowest BCUT2D eigenvalue weighted by molar-refractivity contribution is 0.457. The second-order valence-corrected chi connectivity index (χ2v) is 5.05. The molecule has 6 nitrogen and oxygen atoms in total. The van der Waals surface area contributed by atoms with Crippen molar-refractivity contribution in [2.45, 2.75) is 5.03 Å². The van der Waals surface area contributed by atoms with Gasteiger partial charge >= 0.3 is 0 Å². The smallest absolute Gasteiger partial charge is 0.198 e. The number of aromatic amines is 2. The zero-order chi connectivity index (χ0) is 14.8. The van der Waals surface area contributed by atoms with E-state index in [1.165, 1.54) is 18.0 Å². The molecule has 0 fully saturated rings. The topological polar surface area (TPSA) is 101 Å². The van der Waals surface area contributed by atoms with Crippen molar-refractivity contribution < 1.29 is 5.11 Å². The third kappa shape index (κ3) is 2.26. The summed E-state index contributed by atoms with van der Waals surface area (Å²) in [5.74, 6) is 0.426. The van der Waals surface area contributed by atoms with Gasteiger partial charge in [0.05, 0.1) is 5.56 Å². The Hall–Kier alpha value is -2.72. The Bertz CT molecular complexity index is 871. The van der Waals surface area contributed by atoms with Crippen LogP contribution < -0.4 is 0 Å². The highest BCUT2D eigenvalue weighted by molar-refractivity contribution is 7.98. The summed E-state index contributed by atoms with van der Waals surface area (Å²) in [6.45, 7) is 0. The Balaban J connectivity index is 2.05. The number of hydrogen-bond acceptors (Lipinski definition) is 5. The van der Waals surface area contributed by atoms with Crippen molar-refractivity contribution in [3.8, 4) is 11.9 Å². The lowest BCUT2D eigenvalue weighted by atomic mass is 10.2. The van der Waals surface area contributed by atoms with Crippen molar-refractivity contribution in [2.24, 2.45) is 4.99 Å². The minimum Gasteiger partial charge on any atom is -0.494 e. The van der Waals surface area contributed by atoms with Gasteiger partial charge in [-0.3, -0.25) is 5.10 Å². The van der Waals surface area contributed by atoms with Gasteiger partial charge in [-0.05, 0) is 12.3 Å². The molecule has 0 aliphatic rings. The number of rotatable bonds is 3. The van der Waals surface area contributed by atoms with Crippen molar-refractivity contribution in [3.63, 3.8) is 0 Å². The van der Waals surface area contributed by atoms with Gasteiger partial charge in [-0.25, -0.2) is 4.99 Å². The van der Waals surface area contributed by atoms with E-state index in [2.05, 4.69) is 26.2 Å². The van der Waals surface area contributed by atoms with Crippen LogP contribution in [0.5, 0.6) is 5.88 Å². The molecule has 0 unspecified atom stereocenters. The number of nitrogens with one attached hydrogen (secondary N) is 2. The highest BCUT2D eigenvalue weighted by atomic mass is 32.2. The van der Waals surface area contributed by atoms with E-state index in [9.17, 15) is 5.11 Å². The van der Waals surface area contributed by atoms with Gasteiger partial charge in [-0.15, -0.1) is 11.8 Å². The van der Waals surface area contributed by atoms with E-state index < -0.39 is 0 Å². The first kappa shape index (κ1) is 13.3. The zero-order valence-corrected chi connectivity index (χ0v) is 11.9. The Labute approximate surface area is 124 Å². The zero-order valence-electron chi connectivity index (χ0n) is 11.1. The van der Waals surface area contributed by atoms with E-state index in [0.29, 0.717) is 22.0 Å². The quantitative estimate of drug-likeness (QED) is 0.511. The molecule has 2 aromatic heterocycles. The minimum absolute atomic E-state index is 0.0445. The summed E-state index contributed by atoms with van der Waals surface area (Å²) in [6.07, 6.45) is 3.36. The van der Waals surface area contributed by atoms with E-state index >= 15 is 0 Å². The molecule has 2 heterocycles. The Morgan fingerprint density at radius 1 is 1.43 bits per heavy atom. The first-order valence-corrected chi connectivity index (χ1v) is 7.33. The van der Waals surface area contributed by atoms with Gasteiger partial charge in [0.15, 0.2) is 11.7 Å². The maximum atomic E-state index is 9.95. The number of para-hydroxylation sites is 1. The maximum Gasteiger partial charge on any atom is 0.198 e. The summed E-state index contributed by atoms with van der Waals surface area (Å²) in [6, 6.07) is 9.60. The summed E-state index contributed by atoms with van der Waals surface area (Å²) in [5.41, 5.74) is 1.80. The van der Waals surface area contributed by atoms with Crippen LogP contribution in [-0.2, 0) is 0 Å². The largest absolute Gasteiger partial charge is 0.494 e. The molecule has 3 rings (SSSR count). The maximum absolute atomic E-state index is 9.95. The summed E-state index contributed by atoms with van der Waals surface area (Å²) < 4.78 is 0. The minimum atomic E-state index is 0.0445. The van der Waals surface area contributed by atoms with Crippen LogP contribution in [0, 0.1) is 11.3 Å². The van der Waals surface area contributed by atoms with Crippen LogP contribution in [0.15, 0.2) is 34.3 Å². The first-order chi connectivity index (χ1) is 10.2. The van der Waals surface area contributed by atoms with Gasteiger partial charge in [0.1, 0.15) is 16.7 Å². The van der Waals surface area contributed by atoms with Gasteiger partial charge in [0, 0.05) is 17.1 Å². The summed E-state index contributed by atoms with van der Waals surface area (Å²) in [5, 5.41) is 27.3. The first-order valence-electron chi connectivity index (χ1n) is 6.10. The number of nitrogens with zero attached hydrogens (tertiary/aromatic N) is 3. The predicted octanol–water partition coefficient (Wildman–Crippen LogP) is 2.94. The standard InChI is InChI=1S/C14H11N5OS/c1-21-14-9(6-15)12(18-19-14)16-7-10-8-4-2-3-5-11(8)17-13(10)20/h2-5,7,17,20H,1H3,(H,18,19). The molecule has 104 valence electrons. The normalized spacial score (nSPS) is 11.2. The summed E-state index contributed by atoms with van der Waals surface area (Å²) >= 11 is 1.38. The molecule has 0 radical (unpaired) electrons. The third-order valence-electron chi connectivity index (χ3n) is 3.07. The molecule has 3 N–H and O–H groups in total. The van der Waals surface area contributed by atoms with Crippen LogP contribution in [0.3, 0.4) is 0 Å². The molecule has 0 amide bonds. The molecule has 0 aliphatic carbocycles. The van der Waals surface area contributed by atoms with Crippen LogP contribution in [-0.4, -0.2) is 32.8 Å². The Morgan fingerprint density at radius 3 is 3.00 bits per heavy atom. The molecule has 0 spiro atoms. The number of fused-ring (bicyclic) bond motifs is 1. The highest BCUT2D eigenvalue weighted by Gasteiger charge is 2.12. The molecule has 0 saturated carbocycles. The van der Waals surface area contributed by atoms with Crippen LogP contribution in [0.25, 0.3) is 10.9 Å².